The minimum absolute atomic E-state index is 0.102. The van der Waals surface area contributed by atoms with Crippen molar-refractivity contribution < 1.29 is 14.6 Å². The molecular formula is C13H20N2O3. The Morgan fingerprint density at radius 3 is 2.56 bits per heavy atom. The van der Waals surface area contributed by atoms with Gasteiger partial charge in [-0.25, -0.2) is 0 Å². The largest absolute Gasteiger partial charge is 0.495 e. The highest BCUT2D eigenvalue weighted by Crippen LogP contribution is 2.29. The summed E-state index contributed by atoms with van der Waals surface area (Å²) < 4.78 is 5.06. The molecule has 0 aliphatic rings. The highest BCUT2D eigenvalue weighted by atomic mass is 16.5. The summed E-state index contributed by atoms with van der Waals surface area (Å²) in [6.45, 7) is 1.93. The lowest BCUT2D eigenvalue weighted by Gasteiger charge is -2.26. The number of carbonyl (C=O) groups is 1. The maximum atomic E-state index is 11.4. The molecule has 1 atom stereocenters. The van der Waals surface area contributed by atoms with Gasteiger partial charge in [-0.05, 0) is 30.5 Å². The first kappa shape index (κ1) is 14.3. The van der Waals surface area contributed by atoms with Gasteiger partial charge in [0.05, 0.1) is 18.2 Å². The Kier molecular flexibility index (Phi) is 4.55. The molecule has 1 rings (SSSR count). The Labute approximate surface area is 107 Å². The van der Waals surface area contributed by atoms with Crippen molar-refractivity contribution >= 4 is 11.7 Å². The smallest absolute Gasteiger partial charge is 0.311 e. The standard InChI is InChI=1S/C13H20N2O3/c1-3-13(8-14,12(16)17)7-9-4-5-11(18-2)10(15)6-9/h4-6H,3,7-8,14-15H2,1-2H3,(H,16,17). The number of nitrogens with two attached hydrogens (primary N) is 2. The van der Waals surface area contributed by atoms with Crippen molar-refractivity contribution in [2.24, 2.45) is 11.1 Å². The summed E-state index contributed by atoms with van der Waals surface area (Å²) in [5.41, 5.74) is 11.9. The molecule has 0 fully saturated rings. The molecule has 0 bridgehead atoms. The fourth-order valence-electron chi connectivity index (χ4n) is 1.94. The molecule has 0 radical (unpaired) electrons. The van der Waals surface area contributed by atoms with Gasteiger partial charge in [-0.15, -0.1) is 0 Å². The fourth-order valence-corrected chi connectivity index (χ4v) is 1.94. The predicted molar refractivity (Wildman–Crippen MR) is 70.5 cm³/mol. The predicted octanol–water partition coefficient (Wildman–Crippen LogP) is 1.26. The zero-order valence-electron chi connectivity index (χ0n) is 10.8. The van der Waals surface area contributed by atoms with Crippen LogP contribution < -0.4 is 16.2 Å². The van der Waals surface area contributed by atoms with Gasteiger partial charge in [0.25, 0.3) is 0 Å². The van der Waals surface area contributed by atoms with Gasteiger partial charge >= 0.3 is 5.97 Å². The monoisotopic (exact) mass is 252 g/mol. The summed E-state index contributed by atoms with van der Waals surface area (Å²) in [7, 11) is 1.54. The number of rotatable bonds is 6. The summed E-state index contributed by atoms with van der Waals surface area (Å²) in [6.07, 6.45) is 0.842. The van der Waals surface area contributed by atoms with Gasteiger partial charge in [-0.1, -0.05) is 13.0 Å². The van der Waals surface area contributed by atoms with Crippen LogP contribution in [0.5, 0.6) is 5.75 Å². The molecule has 0 aliphatic carbocycles. The summed E-state index contributed by atoms with van der Waals surface area (Å²) in [5, 5.41) is 9.32. The number of carboxylic acids is 1. The van der Waals surface area contributed by atoms with Gasteiger partial charge in [0.15, 0.2) is 0 Å². The van der Waals surface area contributed by atoms with Crippen molar-refractivity contribution in [3.63, 3.8) is 0 Å². The van der Waals surface area contributed by atoms with Gasteiger partial charge in [0.2, 0.25) is 0 Å². The lowest BCUT2D eigenvalue weighted by Crippen LogP contribution is -2.40. The molecule has 0 aliphatic heterocycles. The molecular weight excluding hydrogens is 232 g/mol. The van der Waals surface area contributed by atoms with E-state index in [9.17, 15) is 9.90 Å². The van der Waals surface area contributed by atoms with E-state index in [2.05, 4.69) is 0 Å². The van der Waals surface area contributed by atoms with Gasteiger partial charge in [0.1, 0.15) is 5.75 Å². The van der Waals surface area contributed by atoms with Crippen LogP contribution in [0.2, 0.25) is 0 Å². The maximum Gasteiger partial charge on any atom is 0.311 e. The molecule has 1 unspecified atom stereocenters. The lowest BCUT2D eigenvalue weighted by atomic mass is 9.79. The Morgan fingerprint density at radius 1 is 1.50 bits per heavy atom. The molecule has 0 saturated heterocycles. The Balaban J connectivity index is 3.02. The number of aliphatic carboxylic acids is 1. The lowest BCUT2D eigenvalue weighted by molar-refractivity contribution is -0.148. The quantitative estimate of drug-likeness (QED) is 0.662. The number of hydrogen-bond acceptors (Lipinski definition) is 4. The van der Waals surface area contributed by atoms with Crippen LogP contribution in [0.15, 0.2) is 18.2 Å². The van der Waals surface area contributed by atoms with Crippen LogP contribution in [0.3, 0.4) is 0 Å². The van der Waals surface area contributed by atoms with E-state index in [-0.39, 0.29) is 6.54 Å². The molecule has 0 aromatic heterocycles. The molecule has 1 aromatic carbocycles. The van der Waals surface area contributed by atoms with Gasteiger partial charge < -0.3 is 21.3 Å². The number of ether oxygens (including phenoxy) is 1. The second-order valence-corrected chi connectivity index (χ2v) is 4.40. The Morgan fingerprint density at radius 2 is 2.17 bits per heavy atom. The SMILES string of the molecule is CCC(CN)(Cc1ccc(OC)c(N)c1)C(=O)O. The third-order valence-electron chi connectivity index (χ3n) is 3.36. The molecule has 18 heavy (non-hydrogen) atoms. The molecule has 1 aromatic rings. The minimum Gasteiger partial charge on any atom is -0.495 e. The van der Waals surface area contributed by atoms with Gasteiger partial charge in [-0.3, -0.25) is 4.79 Å². The maximum absolute atomic E-state index is 11.4. The van der Waals surface area contributed by atoms with Crippen molar-refractivity contribution in [2.45, 2.75) is 19.8 Å². The number of nitrogen functional groups attached to an aromatic ring is 1. The van der Waals surface area contributed by atoms with E-state index in [0.29, 0.717) is 24.3 Å². The first-order valence-corrected chi connectivity index (χ1v) is 5.85. The van der Waals surface area contributed by atoms with Crippen molar-refractivity contribution in [2.75, 3.05) is 19.4 Å². The second-order valence-electron chi connectivity index (χ2n) is 4.40. The van der Waals surface area contributed by atoms with Gasteiger partial charge in [0, 0.05) is 6.54 Å². The van der Waals surface area contributed by atoms with Gasteiger partial charge in [-0.2, -0.15) is 0 Å². The zero-order chi connectivity index (χ0) is 13.8. The molecule has 0 heterocycles. The van der Waals surface area contributed by atoms with Crippen molar-refractivity contribution in [1.29, 1.82) is 0 Å². The average Bonchev–Trinajstić information content (AvgIpc) is 2.36. The first-order valence-electron chi connectivity index (χ1n) is 5.85. The van der Waals surface area contributed by atoms with Crippen LogP contribution in [-0.2, 0) is 11.2 Å². The molecule has 5 nitrogen and oxygen atoms in total. The summed E-state index contributed by atoms with van der Waals surface area (Å²) >= 11 is 0. The van der Waals surface area contributed by atoms with E-state index in [1.807, 2.05) is 13.0 Å². The number of anilines is 1. The molecule has 0 saturated carbocycles. The molecule has 5 heteroatoms. The molecule has 5 N–H and O–H groups in total. The van der Waals surface area contributed by atoms with Crippen LogP contribution in [0.25, 0.3) is 0 Å². The van der Waals surface area contributed by atoms with E-state index < -0.39 is 11.4 Å². The summed E-state index contributed by atoms with van der Waals surface area (Å²) in [6, 6.07) is 5.30. The van der Waals surface area contributed by atoms with Crippen LogP contribution >= 0.6 is 0 Å². The van der Waals surface area contributed by atoms with Crippen LogP contribution in [0, 0.1) is 5.41 Å². The van der Waals surface area contributed by atoms with E-state index in [1.54, 1.807) is 19.2 Å². The summed E-state index contributed by atoms with van der Waals surface area (Å²) in [5.74, 6) is -0.286. The van der Waals surface area contributed by atoms with E-state index in [1.165, 1.54) is 0 Å². The number of methoxy groups -OCH3 is 1. The number of benzene rings is 1. The topological polar surface area (TPSA) is 98.6 Å². The molecule has 0 amide bonds. The van der Waals surface area contributed by atoms with Crippen LogP contribution in [0.4, 0.5) is 5.69 Å². The van der Waals surface area contributed by atoms with Crippen molar-refractivity contribution in [3.05, 3.63) is 23.8 Å². The highest BCUT2D eigenvalue weighted by Gasteiger charge is 2.35. The second kappa shape index (κ2) is 5.73. The van der Waals surface area contributed by atoms with Crippen LogP contribution in [0.1, 0.15) is 18.9 Å². The normalized spacial score (nSPS) is 13.9. The zero-order valence-corrected chi connectivity index (χ0v) is 10.8. The third kappa shape index (κ3) is 2.73. The molecule has 100 valence electrons. The van der Waals surface area contributed by atoms with E-state index in [0.717, 1.165) is 5.56 Å². The first-order chi connectivity index (χ1) is 8.49. The Bertz CT molecular complexity index is 428. The van der Waals surface area contributed by atoms with Crippen molar-refractivity contribution in [3.8, 4) is 5.75 Å². The molecule has 0 spiro atoms. The van der Waals surface area contributed by atoms with Crippen molar-refractivity contribution in [1.82, 2.24) is 0 Å². The van der Waals surface area contributed by atoms with E-state index >= 15 is 0 Å². The third-order valence-corrected chi connectivity index (χ3v) is 3.36. The Hall–Kier alpha value is -1.75. The number of carboxylic acid groups (broad SMARTS) is 1. The summed E-state index contributed by atoms with van der Waals surface area (Å²) in [4.78, 5) is 11.4. The fraction of sp³-hybridized carbons (Fsp3) is 0.462. The minimum atomic E-state index is -0.930. The highest BCUT2D eigenvalue weighted by molar-refractivity contribution is 5.75. The average molecular weight is 252 g/mol. The van der Waals surface area contributed by atoms with Crippen LogP contribution in [-0.4, -0.2) is 24.7 Å². The van der Waals surface area contributed by atoms with E-state index in [4.69, 9.17) is 16.2 Å². The number of hydrogen-bond donors (Lipinski definition) is 3.